The number of aromatic nitrogens is 1. The summed E-state index contributed by atoms with van der Waals surface area (Å²) >= 11 is 6.70. The van der Waals surface area contributed by atoms with Crippen molar-refractivity contribution < 1.29 is 9.53 Å². The Kier molecular flexibility index (Phi) is 7.40. The molecule has 4 rings (SSSR count). The standard InChI is InChI=1S/C24H19BrN2O2S2/c25-18-8-6-17(7-9-18)15-30-24-27-20(16-31-24)14-23(28)26-19-10-12-22(13-11-19)29-21-4-2-1-3-5-21/h1-13,16H,14-15H2,(H,26,28). The first-order valence-electron chi connectivity index (χ1n) is 9.58. The number of benzene rings is 3. The molecule has 3 aromatic carbocycles. The Morgan fingerprint density at radius 2 is 1.68 bits per heavy atom. The number of hydrogen-bond acceptors (Lipinski definition) is 5. The topological polar surface area (TPSA) is 51.2 Å². The van der Waals surface area contributed by atoms with Gasteiger partial charge in [0.25, 0.3) is 0 Å². The lowest BCUT2D eigenvalue weighted by atomic mass is 10.2. The van der Waals surface area contributed by atoms with Crippen LogP contribution in [0.5, 0.6) is 11.5 Å². The molecule has 1 amide bonds. The number of hydrogen-bond donors (Lipinski definition) is 1. The third kappa shape index (κ3) is 6.69. The molecule has 0 saturated carbocycles. The number of anilines is 1. The van der Waals surface area contributed by atoms with E-state index in [1.807, 2.05) is 72.1 Å². The zero-order chi connectivity index (χ0) is 21.5. The van der Waals surface area contributed by atoms with E-state index in [2.05, 4.69) is 38.4 Å². The van der Waals surface area contributed by atoms with Crippen molar-refractivity contribution in [3.63, 3.8) is 0 Å². The first-order valence-corrected chi connectivity index (χ1v) is 12.2. The number of halogens is 1. The van der Waals surface area contributed by atoms with Gasteiger partial charge in [0.1, 0.15) is 15.8 Å². The van der Waals surface area contributed by atoms with E-state index in [0.29, 0.717) is 0 Å². The molecule has 0 bridgehead atoms. The molecular formula is C24H19BrN2O2S2. The lowest BCUT2D eigenvalue weighted by Gasteiger charge is -2.07. The number of carbonyl (C=O) groups is 1. The molecule has 0 aliphatic heterocycles. The van der Waals surface area contributed by atoms with Crippen molar-refractivity contribution in [1.82, 2.24) is 4.98 Å². The minimum absolute atomic E-state index is 0.0912. The maximum atomic E-state index is 12.4. The lowest BCUT2D eigenvalue weighted by Crippen LogP contribution is -2.14. The zero-order valence-electron chi connectivity index (χ0n) is 16.5. The second kappa shape index (κ2) is 10.6. The van der Waals surface area contributed by atoms with E-state index in [9.17, 15) is 4.79 Å². The molecule has 31 heavy (non-hydrogen) atoms. The molecular weight excluding hydrogens is 492 g/mol. The molecule has 0 fully saturated rings. The molecule has 7 heteroatoms. The monoisotopic (exact) mass is 510 g/mol. The number of thioether (sulfide) groups is 1. The maximum Gasteiger partial charge on any atom is 0.230 e. The fourth-order valence-electron chi connectivity index (χ4n) is 2.76. The van der Waals surface area contributed by atoms with Crippen molar-refractivity contribution in [1.29, 1.82) is 0 Å². The molecule has 0 aliphatic rings. The van der Waals surface area contributed by atoms with Crippen molar-refractivity contribution in [3.05, 3.63) is 100.0 Å². The first-order chi connectivity index (χ1) is 15.1. The van der Waals surface area contributed by atoms with E-state index < -0.39 is 0 Å². The van der Waals surface area contributed by atoms with E-state index in [1.54, 1.807) is 23.1 Å². The Hall–Kier alpha value is -2.61. The number of nitrogens with zero attached hydrogens (tertiary/aromatic N) is 1. The Morgan fingerprint density at radius 3 is 2.42 bits per heavy atom. The molecule has 4 aromatic rings. The van der Waals surface area contributed by atoms with Crippen LogP contribution in [0, 0.1) is 0 Å². The van der Waals surface area contributed by atoms with Gasteiger partial charge in [-0.05, 0) is 54.1 Å². The Balaban J connectivity index is 1.26. The molecule has 1 N–H and O–H groups in total. The van der Waals surface area contributed by atoms with Crippen LogP contribution in [0.1, 0.15) is 11.3 Å². The van der Waals surface area contributed by atoms with E-state index in [4.69, 9.17) is 4.74 Å². The number of carbonyl (C=O) groups excluding carboxylic acids is 1. The van der Waals surface area contributed by atoms with Crippen LogP contribution in [0.3, 0.4) is 0 Å². The van der Waals surface area contributed by atoms with Gasteiger partial charge < -0.3 is 10.1 Å². The summed E-state index contributed by atoms with van der Waals surface area (Å²) in [7, 11) is 0. The number of thiazole rings is 1. The normalized spacial score (nSPS) is 10.6. The number of ether oxygens (including phenoxy) is 1. The van der Waals surface area contributed by atoms with Crippen molar-refractivity contribution >= 4 is 50.6 Å². The van der Waals surface area contributed by atoms with Gasteiger partial charge in [-0.3, -0.25) is 4.79 Å². The quantitative estimate of drug-likeness (QED) is 0.255. The molecule has 1 aromatic heterocycles. The molecule has 0 unspecified atom stereocenters. The summed E-state index contributed by atoms with van der Waals surface area (Å²) < 4.78 is 7.81. The van der Waals surface area contributed by atoms with Crippen molar-refractivity contribution in [2.75, 3.05) is 5.32 Å². The summed E-state index contributed by atoms with van der Waals surface area (Å²) in [6.07, 6.45) is 0.248. The number of para-hydroxylation sites is 1. The van der Waals surface area contributed by atoms with Crippen LogP contribution in [-0.2, 0) is 17.0 Å². The molecule has 0 aliphatic carbocycles. The molecule has 0 radical (unpaired) electrons. The highest BCUT2D eigenvalue weighted by atomic mass is 79.9. The van der Waals surface area contributed by atoms with E-state index in [-0.39, 0.29) is 12.3 Å². The van der Waals surface area contributed by atoms with E-state index in [1.165, 1.54) is 5.56 Å². The minimum atomic E-state index is -0.0912. The molecule has 0 atom stereocenters. The highest BCUT2D eigenvalue weighted by Crippen LogP contribution is 2.27. The van der Waals surface area contributed by atoms with Crippen LogP contribution < -0.4 is 10.1 Å². The van der Waals surface area contributed by atoms with Gasteiger partial charge in [0.15, 0.2) is 0 Å². The summed E-state index contributed by atoms with van der Waals surface area (Å²) in [5.74, 6) is 2.25. The largest absolute Gasteiger partial charge is 0.457 e. The predicted molar refractivity (Wildman–Crippen MR) is 131 cm³/mol. The average Bonchev–Trinajstić information content (AvgIpc) is 3.22. The van der Waals surface area contributed by atoms with Gasteiger partial charge in [-0.2, -0.15) is 0 Å². The second-order valence-electron chi connectivity index (χ2n) is 6.68. The van der Waals surface area contributed by atoms with Gasteiger partial charge >= 0.3 is 0 Å². The molecule has 0 spiro atoms. The number of nitrogens with one attached hydrogen (secondary N) is 1. The Labute approximate surface area is 197 Å². The SMILES string of the molecule is O=C(Cc1csc(SCc2ccc(Br)cc2)n1)Nc1ccc(Oc2ccccc2)cc1. The van der Waals surface area contributed by atoms with Gasteiger partial charge in [0.2, 0.25) is 5.91 Å². The number of rotatable bonds is 8. The predicted octanol–water partition coefficient (Wildman–Crippen LogP) is 7.17. The van der Waals surface area contributed by atoms with Gasteiger partial charge in [0, 0.05) is 21.3 Å². The third-order valence-electron chi connectivity index (χ3n) is 4.26. The summed E-state index contributed by atoms with van der Waals surface area (Å²) in [5, 5.41) is 4.86. The minimum Gasteiger partial charge on any atom is -0.457 e. The molecule has 4 nitrogen and oxygen atoms in total. The van der Waals surface area contributed by atoms with Crippen molar-refractivity contribution in [2.24, 2.45) is 0 Å². The van der Waals surface area contributed by atoms with Gasteiger partial charge in [0.05, 0.1) is 12.1 Å². The van der Waals surface area contributed by atoms with Gasteiger partial charge in [-0.1, -0.05) is 58.0 Å². The van der Waals surface area contributed by atoms with Crippen LogP contribution >= 0.6 is 39.0 Å². The zero-order valence-corrected chi connectivity index (χ0v) is 19.7. The summed E-state index contributed by atoms with van der Waals surface area (Å²) in [6.45, 7) is 0. The highest BCUT2D eigenvalue weighted by molar-refractivity contribution is 9.10. The van der Waals surface area contributed by atoms with Crippen molar-refractivity contribution in [3.8, 4) is 11.5 Å². The van der Waals surface area contributed by atoms with Crippen LogP contribution in [0.25, 0.3) is 0 Å². The van der Waals surface area contributed by atoms with Crippen LogP contribution in [0.4, 0.5) is 5.69 Å². The summed E-state index contributed by atoms with van der Waals surface area (Å²) in [5.41, 5.74) is 2.75. The molecule has 1 heterocycles. The van der Waals surface area contributed by atoms with Crippen LogP contribution in [-0.4, -0.2) is 10.9 Å². The van der Waals surface area contributed by atoms with Crippen LogP contribution in [0.15, 0.2) is 93.1 Å². The average molecular weight is 511 g/mol. The smallest absolute Gasteiger partial charge is 0.230 e. The summed E-state index contributed by atoms with van der Waals surface area (Å²) in [4.78, 5) is 17.0. The fourth-order valence-corrected chi connectivity index (χ4v) is 4.83. The fraction of sp³-hybridized carbons (Fsp3) is 0.0833. The molecule has 0 saturated heterocycles. The van der Waals surface area contributed by atoms with Gasteiger partial charge in [-0.25, -0.2) is 4.98 Å². The molecule has 156 valence electrons. The number of amides is 1. The third-order valence-corrected chi connectivity index (χ3v) is 6.93. The summed E-state index contributed by atoms with van der Waals surface area (Å²) in [6, 6.07) is 25.2. The second-order valence-corrected chi connectivity index (χ2v) is 9.68. The van der Waals surface area contributed by atoms with Crippen molar-refractivity contribution in [2.45, 2.75) is 16.5 Å². The Bertz CT molecular complexity index is 1130. The first kappa shape index (κ1) is 21.6. The maximum absolute atomic E-state index is 12.4. The lowest BCUT2D eigenvalue weighted by molar-refractivity contribution is -0.115. The highest BCUT2D eigenvalue weighted by Gasteiger charge is 2.09. The Morgan fingerprint density at radius 1 is 0.968 bits per heavy atom. The van der Waals surface area contributed by atoms with Crippen LogP contribution in [0.2, 0.25) is 0 Å². The van der Waals surface area contributed by atoms with Gasteiger partial charge in [-0.15, -0.1) is 11.3 Å². The van der Waals surface area contributed by atoms with E-state index >= 15 is 0 Å². The van der Waals surface area contributed by atoms with E-state index in [0.717, 1.165) is 37.4 Å².